The Morgan fingerprint density at radius 3 is 2.33 bits per heavy atom. The first kappa shape index (κ1) is 18.7. The summed E-state index contributed by atoms with van der Waals surface area (Å²) in [5.41, 5.74) is 2.44. The minimum atomic E-state index is -0.148. The predicted molar refractivity (Wildman–Crippen MR) is 109 cm³/mol. The molecule has 2 amide bonds. The molecule has 2 N–H and O–H groups in total. The summed E-state index contributed by atoms with van der Waals surface area (Å²) in [6.45, 7) is 1.98. The maximum absolute atomic E-state index is 12.2. The van der Waals surface area contributed by atoms with Crippen LogP contribution in [0.5, 0.6) is 0 Å². The fourth-order valence-corrected chi connectivity index (χ4v) is 3.01. The van der Waals surface area contributed by atoms with Gasteiger partial charge in [-0.3, -0.25) is 9.59 Å². The van der Waals surface area contributed by atoms with E-state index in [2.05, 4.69) is 15.6 Å². The van der Waals surface area contributed by atoms with E-state index in [1.807, 2.05) is 49.4 Å². The number of pyridine rings is 1. The quantitative estimate of drug-likeness (QED) is 0.626. The molecular formula is C21H19N3O2S. The first-order valence-electron chi connectivity index (χ1n) is 8.42. The molecule has 0 radical (unpaired) electrons. The number of nitrogens with zero attached hydrogens (tertiary/aromatic N) is 1. The molecule has 0 aliphatic heterocycles. The zero-order chi connectivity index (χ0) is 19.1. The number of rotatable bonds is 6. The fourth-order valence-electron chi connectivity index (χ4n) is 2.31. The molecule has 0 saturated carbocycles. The summed E-state index contributed by atoms with van der Waals surface area (Å²) >= 11 is 1.42. The van der Waals surface area contributed by atoms with Gasteiger partial charge < -0.3 is 10.6 Å². The van der Waals surface area contributed by atoms with E-state index in [1.165, 1.54) is 11.8 Å². The van der Waals surface area contributed by atoms with Gasteiger partial charge in [0.25, 0.3) is 5.91 Å². The van der Waals surface area contributed by atoms with E-state index < -0.39 is 0 Å². The second kappa shape index (κ2) is 9.00. The molecule has 0 fully saturated rings. The lowest BCUT2D eigenvalue weighted by Gasteiger charge is -2.07. The smallest absolute Gasteiger partial charge is 0.255 e. The van der Waals surface area contributed by atoms with Crippen LogP contribution in [0.1, 0.15) is 15.9 Å². The number of anilines is 2. The Morgan fingerprint density at radius 2 is 1.67 bits per heavy atom. The fraction of sp³-hybridized carbons (Fsp3) is 0.0952. The minimum Gasteiger partial charge on any atom is -0.322 e. The summed E-state index contributed by atoms with van der Waals surface area (Å²) in [5, 5.41) is 5.61. The van der Waals surface area contributed by atoms with Gasteiger partial charge in [0.1, 0.15) is 5.82 Å². The van der Waals surface area contributed by atoms with Gasteiger partial charge in [-0.25, -0.2) is 4.98 Å². The van der Waals surface area contributed by atoms with Crippen LogP contribution < -0.4 is 10.6 Å². The SMILES string of the molecule is Cc1ccc(C(=O)Nc2ccc(SCC(=O)Nc3ccccn3)cc2)cc1. The van der Waals surface area contributed by atoms with E-state index in [9.17, 15) is 9.59 Å². The molecule has 6 heteroatoms. The molecule has 1 aromatic heterocycles. The highest BCUT2D eigenvalue weighted by Gasteiger charge is 2.07. The maximum atomic E-state index is 12.2. The molecule has 2 aromatic carbocycles. The monoisotopic (exact) mass is 377 g/mol. The number of nitrogens with one attached hydrogen (secondary N) is 2. The molecular weight excluding hydrogens is 358 g/mol. The molecule has 0 spiro atoms. The molecule has 136 valence electrons. The number of amides is 2. The normalized spacial score (nSPS) is 10.3. The summed E-state index contributed by atoms with van der Waals surface area (Å²) < 4.78 is 0. The van der Waals surface area contributed by atoms with Crippen LogP contribution in [0.2, 0.25) is 0 Å². The second-order valence-electron chi connectivity index (χ2n) is 5.90. The average Bonchev–Trinajstić information content (AvgIpc) is 2.69. The van der Waals surface area contributed by atoms with Crippen LogP contribution in [-0.2, 0) is 4.79 Å². The van der Waals surface area contributed by atoms with E-state index in [-0.39, 0.29) is 17.6 Å². The molecule has 0 bridgehead atoms. The van der Waals surface area contributed by atoms with Crippen LogP contribution in [0.3, 0.4) is 0 Å². The van der Waals surface area contributed by atoms with E-state index in [0.717, 1.165) is 10.5 Å². The zero-order valence-electron chi connectivity index (χ0n) is 14.8. The van der Waals surface area contributed by atoms with E-state index >= 15 is 0 Å². The first-order valence-corrected chi connectivity index (χ1v) is 9.40. The molecule has 0 saturated heterocycles. The van der Waals surface area contributed by atoms with Gasteiger partial charge in [-0.05, 0) is 55.5 Å². The molecule has 0 aliphatic carbocycles. The summed E-state index contributed by atoms with van der Waals surface area (Å²) in [6.07, 6.45) is 1.63. The average molecular weight is 377 g/mol. The van der Waals surface area contributed by atoms with Gasteiger partial charge in [-0.2, -0.15) is 0 Å². The van der Waals surface area contributed by atoms with E-state index in [1.54, 1.807) is 30.5 Å². The van der Waals surface area contributed by atoms with Crippen LogP contribution in [0.15, 0.2) is 77.8 Å². The van der Waals surface area contributed by atoms with Crippen LogP contribution >= 0.6 is 11.8 Å². The number of aryl methyl sites for hydroxylation is 1. The highest BCUT2D eigenvalue weighted by atomic mass is 32.2. The van der Waals surface area contributed by atoms with Crippen LogP contribution in [0.4, 0.5) is 11.5 Å². The Balaban J connectivity index is 1.50. The van der Waals surface area contributed by atoms with Gasteiger partial charge in [-0.15, -0.1) is 11.8 Å². The third kappa shape index (κ3) is 5.69. The van der Waals surface area contributed by atoms with E-state index in [0.29, 0.717) is 17.1 Å². The lowest BCUT2D eigenvalue weighted by atomic mass is 10.1. The zero-order valence-corrected chi connectivity index (χ0v) is 15.6. The third-order valence-electron chi connectivity index (χ3n) is 3.73. The Bertz CT molecular complexity index is 910. The molecule has 27 heavy (non-hydrogen) atoms. The third-order valence-corrected chi connectivity index (χ3v) is 4.74. The van der Waals surface area contributed by atoms with Crippen molar-refractivity contribution in [2.45, 2.75) is 11.8 Å². The van der Waals surface area contributed by atoms with Crippen molar-refractivity contribution in [2.24, 2.45) is 0 Å². The molecule has 5 nitrogen and oxygen atoms in total. The summed E-state index contributed by atoms with van der Waals surface area (Å²) in [5.74, 6) is 0.559. The van der Waals surface area contributed by atoms with Crippen molar-refractivity contribution in [2.75, 3.05) is 16.4 Å². The number of aromatic nitrogens is 1. The van der Waals surface area contributed by atoms with Crippen molar-refractivity contribution in [3.63, 3.8) is 0 Å². The van der Waals surface area contributed by atoms with E-state index in [4.69, 9.17) is 0 Å². The Hall–Kier alpha value is -3.12. The molecule has 1 heterocycles. The number of thioether (sulfide) groups is 1. The van der Waals surface area contributed by atoms with Crippen molar-refractivity contribution in [3.05, 3.63) is 84.1 Å². The largest absolute Gasteiger partial charge is 0.322 e. The Morgan fingerprint density at radius 1 is 0.926 bits per heavy atom. The van der Waals surface area contributed by atoms with Gasteiger partial charge in [0, 0.05) is 22.3 Å². The summed E-state index contributed by atoms with van der Waals surface area (Å²) in [6, 6.07) is 20.2. The van der Waals surface area contributed by atoms with Crippen LogP contribution in [-0.4, -0.2) is 22.6 Å². The van der Waals surface area contributed by atoms with Gasteiger partial charge in [0.15, 0.2) is 0 Å². The van der Waals surface area contributed by atoms with Crippen molar-refractivity contribution < 1.29 is 9.59 Å². The first-order chi connectivity index (χ1) is 13.1. The highest BCUT2D eigenvalue weighted by molar-refractivity contribution is 8.00. The highest BCUT2D eigenvalue weighted by Crippen LogP contribution is 2.21. The number of hydrogen-bond acceptors (Lipinski definition) is 4. The molecule has 0 aliphatic rings. The van der Waals surface area contributed by atoms with Crippen molar-refractivity contribution in [1.82, 2.24) is 4.98 Å². The number of carbonyl (C=O) groups excluding carboxylic acids is 2. The van der Waals surface area contributed by atoms with Crippen molar-refractivity contribution >= 4 is 35.1 Å². The van der Waals surface area contributed by atoms with Crippen molar-refractivity contribution in [1.29, 1.82) is 0 Å². The number of hydrogen-bond donors (Lipinski definition) is 2. The molecule has 0 unspecified atom stereocenters. The molecule has 3 rings (SSSR count). The predicted octanol–water partition coefficient (Wildman–Crippen LogP) is 4.37. The number of carbonyl (C=O) groups is 2. The van der Waals surface area contributed by atoms with Crippen LogP contribution in [0, 0.1) is 6.92 Å². The Kier molecular flexibility index (Phi) is 6.22. The lowest BCUT2D eigenvalue weighted by molar-refractivity contribution is -0.113. The Labute approximate surface area is 162 Å². The molecule has 0 atom stereocenters. The number of benzene rings is 2. The topological polar surface area (TPSA) is 71.1 Å². The standard InChI is InChI=1S/C21H19N3O2S/c1-15-5-7-16(8-6-15)21(26)23-17-9-11-18(12-10-17)27-14-20(25)24-19-4-2-3-13-22-19/h2-13H,14H2,1H3,(H,23,26)(H,22,24,25). The van der Waals surface area contributed by atoms with Gasteiger partial charge in [-0.1, -0.05) is 23.8 Å². The van der Waals surface area contributed by atoms with Gasteiger partial charge in [0.05, 0.1) is 5.75 Å². The van der Waals surface area contributed by atoms with Gasteiger partial charge >= 0.3 is 0 Å². The minimum absolute atomic E-state index is 0.115. The van der Waals surface area contributed by atoms with Gasteiger partial charge in [0.2, 0.25) is 5.91 Å². The summed E-state index contributed by atoms with van der Waals surface area (Å²) in [7, 11) is 0. The van der Waals surface area contributed by atoms with Crippen molar-refractivity contribution in [3.8, 4) is 0 Å². The summed E-state index contributed by atoms with van der Waals surface area (Å²) in [4.78, 5) is 29.2. The molecule has 3 aromatic rings. The second-order valence-corrected chi connectivity index (χ2v) is 6.95. The maximum Gasteiger partial charge on any atom is 0.255 e. The van der Waals surface area contributed by atoms with Crippen LogP contribution in [0.25, 0.3) is 0 Å². The lowest BCUT2D eigenvalue weighted by Crippen LogP contribution is -2.14.